The molecular formula is C20H22N2O3S. The van der Waals surface area contributed by atoms with E-state index in [2.05, 4.69) is 18.3 Å². The molecule has 1 unspecified atom stereocenters. The van der Waals surface area contributed by atoms with Gasteiger partial charge in [0, 0.05) is 4.88 Å². The van der Waals surface area contributed by atoms with E-state index in [1.807, 2.05) is 19.1 Å². The number of carbonyl (C=O) groups is 1. The van der Waals surface area contributed by atoms with Gasteiger partial charge in [0.15, 0.2) is 18.1 Å². The summed E-state index contributed by atoms with van der Waals surface area (Å²) in [5, 5.41) is 13.0. The Morgan fingerprint density at radius 1 is 1.35 bits per heavy atom. The van der Waals surface area contributed by atoms with Crippen LogP contribution in [0.4, 0.5) is 5.00 Å². The maximum Gasteiger partial charge on any atom is 0.262 e. The third-order valence-corrected chi connectivity index (χ3v) is 5.55. The third kappa shape index (κ3) is 4.00. The zero-order valence-electron chi connectivity index (χ0n) is 15.0. The van der Waals surface area contributed by atoms with Crippen molar-refractivity contribution in [3.63, 3.8) is 0 Å². The van der Waals surface area contributed by atoms with E-state index in [4.69, 9.17) is 9.47 Å². The van der Waals surface area contributed by atoms with Crippen molar-refractivity contribution in [2.45, 2.75) is 33.1 Å². The number of carbonyl (C=O) groups excluding carboxylic acids is 1. The Balaban J connectivity index is 1.67. The molecule has 1 amide bonds. The summed E-state index contributed by atoms with van der Waals surface area (Å²) in [7, 11) is 0. The first-order valence-electron chi connectivity index (χ1n) is 8.81. The Labute approximate surface area is 157 Å². The molecule has 0 aliphatic heterocycles. The van der Waals surface area contributed by atoms with Gasteiger partial charge in [0.1, 0.15) is 11.1 Å². The van der Waals surface area contributed by atoms with Gasteiger partial charge in [-0.1, -0.05) is 19.1 Å². The summed E-state index contributed by atoms with van der Waals surface area (Å²) < 4.78 is 11.1. The number of hydrogen-bond acceptors (Lipinski definition) is 5. The van der Waals surface area contributed by atoms with Gasteiger partial charge in [-0.05, 0) is 49.8 Å². The molecule has 0 bridgehead atoms. The Morgan fingerprint density at radius 2 is 2.08 bits per heavy atom. The predicted molar refractivity (Wildman–Crippen MR) is 102 cm³/mol. The van der Waals surface area contributed by atoms with E-state index < -0.39 is 0 Å². The normalized spacial score (nSPS) is 15.7. The van der Waals surface area contributed by atoms with Gasteiger partial charge in [-0.15, -0.1) is 11.3 Å². The van der Waals surface area contributed by atoms with Crippen LogP contribution < -0.4 is 14.8 Å². The van der Waals surface area contributed by atoms with Gasteiger partial charge < -0.3 is 14.8 Å². The molecule has 1 N–H and O–H groups in total. The van der Waals surface area contributed by atoms with Crippen LogP contribution >= 0.6 is 11.3 Å². The molecule has 136 valence electrons. The standard InChI is InChI=1S/C20H22N2O3S/c1-3-24-16-6-4-5-7-17(16)25-12-19(23)22-20-15(11-21)14-9-8-13(2)10-18(14)26-20/h4-7,13H,3,8-10,12H2,1-2H3,(H,22,23). The number of thiophene rings is 1. The molecule has 26 heavy (non-hydrogen) atoms. The fraction of sp³-hybridized carbons (Fsp3) is 0.400. The van der Waals surface area contributed by atoms with Crippen molar-refractivity contribution in [1.82, 2.24) is 0 Å². The topological polar surface area (TPSA) is 71.3 Å². The fourth-order valence-electron chi connectivity index (χ4n) is 3.11. The molecule has 3 rings (SSSR count). The number of nitriles is 1. The largest absolute Gasteiger partial charge is 0.490 e. The molecule has 1 aliphatic carbocycles. The molecule has 0 saturated heterocycles. The van der Waals surface area contributed by atoms with Gasteiger partial charge in [0.2, 0.25) is 0 Å². The van der Waals surface area contributed by atoms with Crippen LogP contribution in [0.5, 0.6) is 11.5 Å². The van der Waals surface area contributed by atoms with Crippen LogP contribution in [0.2, 0.25) is 0 Å². The van der Waals surface area contributed by atoms with Crippen LogP contribution in [0.3, 0.4) is 0 Å². The van der Waals surface area contributed by atoms with Crippen molar-refractivity contribution in [3.8, 4) is 17.6 Å². The number of benzene rings is 1. The van der Waals surface area contributed by atoms with Gasteiger partial charge in [0.05, 0.1) is 12.2 Å². The average molecular weight is 370 g/mol. The first kappa shape index (κ1) is 18.3. The van der Waals surface area contributed by atoms with E-state index in [9.17, 15) is 10.1 Å². The first-order valence-corrected chi connectivity index (χ1v) is 9.63. The molecule has 6 heteroatoms. The van der Waals surface area contributed by atoms with E-state index in [-0.39, 0.29) is 12.5 Å². The van der Waals surface area contributed by atoms with Crippen molar-refractivity contribution in [2.75, 3.05) is 18.5 Å². The minimum atomic E-state index is -0.278. The first-order chi connectivity index (χ1) is 12.6. The van der Waals surface area contributed by atoms with E-state index in [0.717, 1.165) is 24.8 Å². The molecule has 0 radical (unpaired) electrons. The fourth-order valence-corrected chi connectivity index (χ4v) is 4.48. The Hall–Kier alpha value is -2.52. The molecule has 1 aromatic carbocycles. The highest BCUT2D eigenvalue weighted by atomic mass is 32.1. The van der Waals surface area contributed by atoms with Crippen LogP contribution in [-0.4, -0.2) is 19.1 Å². The highest BCUT2D eigenvalue weighted by molar-refractivity contribution is 7.16. The summed E-state index contributed by atoms with van der Waals surface area (Å²) in [6, 6.07) is 9.52. The summed E-state index contributed by atoms with van der Waals surface area (Å²) in [4.78, 5) is 13.5. The molecule has 0 saturated carbocycles. The molecule has 0 spiro atoms. The number of ether oxygens (including phenoxy) is 2. The number of amides is 1. The Bertz CT molecular complexity index is 838. The summed E-state index contributed by atoms with van der Waals surface area (Å²) in [6.07, 6.45) is 2.97. The van der Waals surface area contributed by atoms with Crippen molar-refractivity contribution in [2.24, 2.45) is 5.92 Å². The number of para-hydroxylation sites is 2. The Morgan fingerprint density at radius 3 is 2.77 bits per heavy atom. The minimum Gasteiger partial charge on any atom is -0.490 e. The lowest BCUT2D eigenvalue weighted by molar-refractivity contribution is -0.118. The van der Waals surface area contributed by atoms with Crippen molar-refractivity contribution in [1.29, 1.82) is 5.26 Å². The molecule has 1 aromatic heterocycles. The minimum absolute atomic E-state index is 0.131. The van der Waals surface area contributed by atoms with E-state index in [1.54, 1.807) is 12.1 Å². The van der Waals surface area contributed by atoms with Crippen LogP contribution in [0.1, 0.15) is 36.3 Å². The van der Waals surface area contributed by atoms with E-state index in [1.165, 1.54) is 16.2 Å². The van der Waals surface area contributed by atoms with Gasteiger partial charge >= 0.3 is 0 Å². The van der Waals surface area contributed by atoms with Gasteiger partial charge in [-0.3, -0.25) is 4.79 Å². The van der Waals surface area contributed by atoms with Gasteiger partial charge in [-0.25, -0.2) is 0 Å². The van der Waals surface area contributed by atoms with Crippen LogP contribution in [-0.2, 0) is 17.6 Å². The molecule has 1 atom stereocenters. The lowest BCUT2D eigenvalue weighted by Crippen LogP contribution is -2.20. The smallest absolute Gasteiger partial charge is 0.262 e. The maximum absolute atomic E-state index is 12.3. The zero-order chi connectivity index (χ0) is 18.5. The second-order valence-electron chi connectivity index (χ2n) is 6.38. The van der Waals surface area contributed by atoms with Crippen LogP contribution in [0.25, 0.3) is 0 Å². The monoisotopic (exact) mass is 370 g/mol. The quantitative estimate of drug-likeness (QED) is 0.829. The Kier molecular flexibility index (Phi) is 5.79. The highest BCUT2D eigenvalue weighted by Gasteiger charge is 2.24. The number of anilines is 1. The third-order valence-electron chi connectivity index (χ3n) is 4.38. The number of fused-ring (bicyclic) bond motifs is 1. The number of hydrogen-bond donors (Lipinski definition) is 1. The molecule has 2 aromatic rings. The lowest BCUT2D eigenvalue weighted by Gasteiger charge is -2.17. The van der Waals surface area contributed by atoms with Crippen LogP contribution in [0, 0.1) is 17.2 Å². The molecule has 0 fully saturated rings. The summed E-state index contributed by atoms with van der Waals surface area (Å²) in [5.74, 6) is 1.49. The number of nitrogens with one attached hydrogen (secondary N) is 1. The maximum atomic E-state index is 12.3. The van der Waals surface area contributed by atoms with Gasteiger partial charge in [0.25, 0.3) is 5.91 Å². The molecule has 5 nitrogen and oxygen atoms in total. The second kappa shape index (κ2) is 8.24. The molecular weight excluding hydrogens is 348 g/mol. The van der Waals surface area contributed by atoms with Gasteiger partial charge in [-0.2, -0.15) is 5.26 Å². The van der Waals surface area contributed by atoms with Crippen molar-refractivity contribution in [3.05, 3.63) is 40.3 Å². The molecule has 1 heterocycles. The highest BCUT2D eigenvalue weighted by Crippen LogP contribution is 2.39. The second-order valence-corrected chi connectivity index (χ2v) is 7.49. The van der Waals surface area contributed by atoms with Crippen molar-refractivity contribution >= 4 is 22.2 Å². The molecule has 1 aliphatic rings. The van der Waals surface area contributed by atoms with Crippen molar-refractivity contribution < 1.29 is 14.3 Å². The van der Waals surface area contributed by atoms with Crippen LogP contribution in [0.15, 0.2) is 24.3 Å². The SMILES string of the molecule is CCOc1ccccc1OCC(=O)Nc1sc2c(c1C#N)CCC(C)C2. The predicted octanol–water partition coefficient (Wildman–Crippen LogP) is 4.16. The summed E-state index contributed by atoms with van der Waals surface area (Å²) >= 11 is 1.52. The van der Waals surface area contributed by atoms with E-state index in [0.29, 0.717) is 34.6 Å². The number of nitrogens with zero attached hydrogens (tertiary/aromatic N) is 1. The number of rotatable bonds is 6. The average Bonchev–Trinajstić information content (AvgIpc) is 2.97. The summed E-state index contributed by atoms with van der Waals surface area (Å²) in [6.45, 7) is 4.51. The summed E-state index contributed by atoms with van der Waals surface area (Å²) in [5.41, 5.74) is 1.72. The van der Waals surface area contributed by atoms with E-state index >= 15 is 0 Å². The lowest BCUT2D eigenvalue weighted by atomic mass is 9.89. The zero-order valence-corrected chi connectivity index (χ0v) is 15.8.